The van der Waals surface area contributed by atoms with Gasteiger partial charge in [-0.2, -0.15) is 13.2 Å². The zero-order valence-corrected chi connectivity index (χ0v) is 21.1. The molecule has 1 fully saturated rings. The Balaban J connectivity index is 1.43. The number of halogens is 3. The van der Waals surface area contributed by atoms with E-state index in [1.54, 1.807) is 47.5 Å². The maximum atomic E-state index is 13.1. The molecule has 38 heavy (non-hydrogen) atoms. The molecule has 11 heteroatoms. The smallest absolute Gasteiger partial charge is 0.338 e. The molecule has 0 saturated carbocycles. The highest BCUT2D eigenvalue weighted by Crippen LogP contribution is 2.29. The lowest BCUT2D eigenvalue weighted by molar-refractivity contribution is -0.137. The summed E-state index contributed by atoms with van der Waals surface area (Å²) in [7, 11) is -3.52. The summed E-state index contributed by atoms with van der Waals surface area (Å²) in [5.74, 6) is -0.182. The number of hydrogen-bond acceptors (Lipinski definition) is 4. The SMILES string of the molecule is C=CS(=O)(=O)NC[C@H]1CCN(C(=O)c2ccc(-c3cccn(Cc4ccc(C(F)(F)F)cc4)c3=O)cc2)C1. The van der Waals surface area contributed by atoms with Crippen molar-refractivity contribution < 1.29 is 26.4 Å². The Morgan fingerprint density at radius 2 is 1.76 bits per heavy atom. The maximum absolute atomic E-state index is 13.1. The van der Waals surface area contributed by atoms with Crippen LogP contribution >= 0.6 is 0 Å². The van der Waals surface area contributed by atoms with E-state index in [9.17, 15) is 31.2 Å². The molecule has 0 bridgehead atoms. The summed E-state index contributed by atoms with van der Waals surface area (Å²) < 4.78 is 65.4. The molecule has 1 aliphatic heterocycles. The molecule has 0 aliphatic carbocycles. The van der Waals surface area contributed by atoms with Crippen LogP contribution in [0.4, 0.5) is 13.2 Å². The number of hydrogen-bond donors (Lipinski definition) is 1. The lowest BCUT2D eigenvalue weighted by atomic mass is 10.0. The van der Waals surface area contributed by atoms with Gasteiger partial charge in [0.1, 0.15) is 0 Å². The van der Waals surface area contributed by atoms with E-state index in [-0.39, 0.29) is 30.5 Å². The van der Waals surface area contributed by atoms with Gasteiger partial charge in [0.05, 0.1) is 12.1 Å². The molecule has 1 amide bonds. The summed E-state index contributed by atoms with van der Waals surface area (Å²) in [6.45, 7) is 4.53. The number of nitrogens with zero attached hydrogens (tertiary/aromatic N) is 2. The maximum Gasteiger partial charge on any atom is 0.416 e. The molecule has 4 rings (SSSR count). The first-order valence-electron chi connectivity index (χ1n) is 11.8. The highest BCUT2D eigenvalue weighted by Gasteiger charge is 2.30. The van der Waals surface area contributed by atoms with E-state index in [1.807, 2.05) is 0 Å². The second kappa shape index (κ2) is 11.0. The average molecular weight is 546 g/mol. The molecular formula is C27H26F3N3O4S. The Morgan fingerprint density at radius 1 is 1.08 bits per heavy atom. The van der Waals surface area contributed by atoms with E-state index in [2.05, 4.69) is 11.3 Å². The molecule has 7 nitrogen and oxygen atoms in total. The molecule has 2 aromatic carbocycles. The zero-order valence-electron chi connectivity index (χ0n) is 20.3. The Kier molecular flexibility index (Phi) is 7.89. The molecule has 0 spiro atoms. The standard InChI is InChI=1S/C27H26F3N3O4S/c1-2-38(36,37)31-16-20-13-15-33(18-20)25(34)22-9-7-21(8-10-22)24-4-3-14-32(26(24)35)17-19-5-11-23(12-6-19)27(28,29)30/h2-12,14,20,31H,1,13,15-18H2/t20-/m1/s1. The normalized spacial score (nSPS) is 16.0. The molecule has 200 valence electrons. The number of likely N-dealkylation sites (tertiary alicyclic amines) is 1. The molecule has 1 aromatic heterocycles. The summed E-state index contributed by atoms with van der Waals surface area (Å²) in [5.41, 5.74) is 0.941. The fraction of sp³-hybridized carbons (Fsp3) is 0.259. The number of aromatic nitrogens is 1. The van der Waals surface area contributed by atoms with Crippen molar-refractivity contribution in [1.82, 2.24) is 14.2 Å². The van der Waals surface area contributed by atoms with Crippen LogP contribution in [-0.4, -0.2) is 43.4 Å². The second-order valence-corrected chi connectivity index (χ2v) is 10.8. The van der Waals surface area contributed by atoms with Gasteiger partial charge in [-0.3, -0.25) is 9.59 Å². The van der Waals surface area contributed by atoms with Crippen LogP contribution in [0.2, 0.25) is 0 Å². The van der Waals surface area contributed by atoms with Crippen LogP contribution in [0.25, 0.3) is 11.1 Å². The molecule has 1 saturated heterocycles. The van der Waals surface area contributed by atoms with Crippen LogP contribution < -0.4 is 10.3 Å². The summed E-state index contributed by atoms with van der Waals surface area (Å²) in [4.78, 5) is 27.7. The van der Waals surface area contributed by atoms with Gasteiger partial charge >= 0.3 is 6.18 Å². The number of alkyl halides is 3. The van der Waals surface area contributed by atoms with Gasteiger partial charge < -0.3 is 9.47 Å². The van der Waals surface area contributed by atoms with Gasteiger partial charge in [0.15, 0.2) is 0 Å². The Morgan fingerprint density at radius 3 is 2.39 bits per heavy atom. The minimum absolute atomic E-state index is 0.000370. The van der Waals surface area contributed by atoms with Crippen molar-refractivity contribution in [2.24, 2.45) is 5.92 Å². The third kappa shape index (κ3) is 6.40. The van der Waals surface area contributed by atoms with E-state index in [0.29, 0.717) is 41.8 Å². The van der Waals surface area contributed by atoms with Crippen molar-refractivity contribution in [1.29, 1.82) is 0 Å². The van der Waals surface area contributed by atoms with Gasteiger partial charge in [-0.05, 0) is 59.9 Å². The Bertz CT molecular complexity index is 1480. The first-order chi connectivity index (χ1) is 18.0. The highest BCUT2D eigenvalue weighted by molar-refractivity contribution is 7.92. The van der Waals surface area contributed by atoms with Gasteiger partial charge in [-0.15, -0.1) is 0 Å². The van der Waals surface area contributed by atoms with Crippen LogP contribution in [0.15, 0.2) is 83.6 Å². The summed E-state index contributed by atoms with van der Waals surface area (Å²) >= 11 is 0. The molecule has 1 aliphatic rings. The average Bonchev–Trinajstić information content (AvgIpc) is 3.38. The zero-order chi connectivity index (χ0) is 27.5. The fourth-order valence-electron chi connectivity index (χ4n) is 4.33. The predicted octanol–water partition coefficient (Wildman–Crippen LogP) is 4.11. The number of nitrogens with one attached hydrogen (secondary N) is 1. The fourth-order valence-corrected chi connectivity index (χ4v) is 4.91. The van der Waals surface area contributed by atoms with E-state index in [0.717, 1.165) is 17.5 Å². The van der Waals surface area contributed by atoms with Gasteiger partial charge in [-0.1, -0.05) is 30.8 Å². The van der Waals surface area contributed by atoms with E-state index in [1.165, 1.54) is 16.7 Å². The van der Waals surface area contributed by atoms with Gasteiger partial charge in [0.2, 0.25) is 10.0 Å². The molecule has 2 heterocycles. The largest absolute Gasteiger partial charge is 0.416 e. The highest BCUT2D eigenvalue weighted by atomic mass is 32.2. The number of carbonyl (C=O) groups excluding carboxylic acids is 1. The minimum atomic E-state index is -4.43. The van der Waals surface area contributed by atoms with Crippen LogP contribution in [0.5, 0.6) is 0 Å². The molecule has 0 radical (unpaired) electrons. The quantitative estimate of drug-likeness (QED) is 0.462. The van der Waals surface area contributed by atoms with Crippen LogP contribution in [0.1, 0.15) is 27.9 Å². The van der Waals surface area contributed by atoms with Crippen molar-refractivity contribution >= 4 is 15.9 Å². The Hall–Kier alpha value is -3.70. The Labute approximate surface area is 218 Å². The molecule has 1 N–H and O–H groups in total. The van der Waals surface area contributed by atoms with Crippen molar-refractivity contribution in [3.05, 3.63) is 106 Å². The van der Waals surface area contributed by atoms with E-state index >= 15 is 0 Å². The van der Waals surface area contributed by atoms with Crippen LogP contribution in [0.3, 0.4) is 0 Å². The summed E-state index contributed by atoms with van der Waals surface area (Å²) in [6.07, 6.45) is -2.18. The first kappa shape index (κ1) is 27.3. The lowest BCUT2D eigenvalue weighted by Crippen LogP contribution is -2.32. The molecule has 1 atom stereocenters. The number of rotatable bonds is 8. The summed E-state index contributed by atoms with van der Waals surface area (Å²) in [5, 5.41) is 0.850. The molecular weight excluding hydrogens is 519 g/mol. The van der Waals surface area contributed by atoms with Gasteiger partial charge in [0, 0.05) is 42.4 Å². The number of benzene rings is 2. The summed E-state index contributed by atoms with van der Waals surface area (Å²) in [6, 6.07) is 14.6. The van der Waals surface area contributed by atoms with Crippen molar-refractivity contribution in [2.75, 3.05) is 19.6 Å². The van der Waals surface area contributed by atoms with Gasteiger partial charge in [-0.25, -0.2) is 13.1 Å². The monoisotopic (exact) mass is 545 g/mol. The van der Waals surface area contributed by atoms with Crippen molar-refractivity contribution in [3.63, 3.8) is 0 Å². The minimum Gasteiger partial charge on any atom is -0.338 e. The van der Waals surface area contributed by atoms with E-state index < -0.39 is 21.8 Å². The molecule has 0 unspecified atom stereocenters. The van der Waals surface area contributed by atoms with Gasteiger partial charge in [0.25, 0.3) is 11.5 Å². The second-order valence-electron chi connectivity index (χ2n) is 9.09. The predicted molar refractivity (Wildman–Crippen MR) is 138 cm³/mol. The molecule has 3 aromatic rings. The topological polar surface area (TPSA) is 88.5 Å². The number of pyridine rings is 1. The van der Waals surface area contributed by atoms with E-state index in [4.69, 9.17) is 0 Å². The van der Waals surface area contributed by atoms with Crippen LogP contribution in [0, 0.1) is 5.92 Å². The van der Waals surface area contributed by atoms with Crippen molar-refractivity contribution in [2.45, 2.75) is 19.1 Å². The lowest BCUT2D eigenvalue weighted by Gasteiger charge is -2.17. The first-order valence-corrected chi connectivity index (χ1v) is 13.4. The number of amides is 1. The number of sulfonamides is 1. The third-order valence-electron chi connectivity index (χ3n) is 6.46. The van der Waals surface area contributed by atoms with Crippen LogP contribution in [-0.2, 0) is 22.7 Å². The number of carbonyl (C=O) groups is 1. The van der Waals surface area contributed by atoms with Crippen molar-refractivity contribution in [3.8, 4) is 11.1 Å². The third-order valence-corrected chi connectivity index (χ3v) is 7.47.